The van der Waals surface area contributed by atoms with Crippen molar-refractivity contribution in [3.63, 3.8) is 0 Å². The average molecular weight is 327 g/mol. The number of phenolic OH excluding ortho intramolecular Hbond substituents is 1. The van der Waals surface area contributed by atoms with Crippen LogP contribution in [0.5, 0.6) is 5.75 Å². The smallest absolute Gasteiger partial charge is 0.210 e. The number of nitrogens with zero attached hydrogens (tertiary/aromatic N) is 1. The summed E-state index contributed by atoms with van der Waals surface area (Å²) < 4.78 is 26.0. The maximum atomic E-state index is 13.0. The number of rotatable bonds is 3. The number of hydrogen-bond acceptors (Lipinski definition) is 4. The van der Waals surface area contributed by atoms with Crippen molar-refractivity contribution < 1.29 is 13.5 Å². The molecule has 0 aliphatic heterocycles. The van der Waals surface area contributed by atoms with Crippen molar-refractivity contribution in [1.82, 2.24) is 0 Å². The van der Waals surface area contributed by atoms with Crippen LogP contribution in [0.15, 0.2) is 70.5 Å². The summed E-state index contributed by atoms with van der Waals surface area (Å²) >= 11 is 0. The number of para-hydroxylation sites is 1. The molecule has 0 fully saturated rings. The Kier molecular flexibility index (Phi) is 3.74. The second-order valence-corrected chi connectivity index (χ2v) is 7.38. The van der Waals surface area contributed by atoms with Crippen LogP contribution in [0.1, 0.15) is 0 Å². The van der Waals surface area contributed by atoms with Gasteiger partial charge in [-0.05, 0) is 24.3 Å². The molecular formula is C18H17NO3S. The van der Waals surface area contributed by atoms with Gasteiger partial charge in [0.2, 0.25) is 9.84 Å². The van der Waals surface area contributed by atoms with E-state index in [0.717, 1.165) is 11.1 Å². The summed E-state index contributed by atoms with van der Waals surface area (Å²) in [6.45, 7) is 0. The molecule has 3 aromatic carbocycles. The van der Waals surface area contributed by atoms with Crippen LogP contribution in [-0.2, 0) is 9.84 Å². The topological polar surface area (TPSA) is 57.6 Å². The fraction of sp³-hybridized carbons (Fsp3) is 0.111. The molecule has 0 bridgehead atoms. The van der Waals surface area contributed by atoms with Crippen molar-refractivity contribution in [2.75, 3.05) is 19.0 Å². The van der Waals surface area contributed by atoms with Gasteiger partial charge in [0.05, 0.1) is 4.90 Å². The fourth-order valence-corrected chi connectivity index (χ4v) is 4.25. The summed E-state index contributed by atoms with van der Waals surface area (Å²) in [7, 11) is 0.0241. The van der Waals surface area contributed by atoms with E-state index in [2.05, 4.69) is 0 Å². The molecule has 23 heavy (non-hydrogen) atoms. The molecule has 0 atom stereocenters. The van der Waals surface area contributed by atoms with Crippen LogP contribution in [0.2, 0.25) is 0 Å². The molecule has 0 radical (unpaired) electrons. The molecule has 3 aromatic rings. The first-order valence-corrected chi connectivity index (χ1v) is 8.63. The second kappa shape index (κ2) is 5.59. The highest BCUT2D eigenvalue weighted by molar-refractivity contribution is 7.91. The molecule has 3 rings (SSSR count). The predicted molar refractivity (Wildman–Crippen MR) is 91.8 cm³/mol. The maximum Gasteiger partial charge on any atom is 0.210 e. The molecule has 4 nitrogen and oxygen atoms in total. The number of anilines is 1. The number of hydrogen-bond donors (Lipinski definition) is 1. The minimum absolute atomic E-state index is 0.0808. The molecular weight excluding hydrogens is 310 g/mol. The van der Waals surface area contributed by atoms with Gasteiger partial charge in [-0.15, -0.1) is 0 Å². The lowest BCUT2D eigenvalue weighted by Gasteiger charge is -2.17. The molecule has 0 heterocycles. The van der Waals surface area contributed by atoms with Crippen molar-refractivity contribution >= 4 is 26.3 Å². The van der Waals surface area contributed by atoms with Gasteiger partial charge < -0.3 is 10.0 Å². The van der Waals surface area contributed by atoms with E-state index in [1.807, 2.05) is 37.2 Å². The van der Waals surface area contributed by atoms with Crippen LogP contribution in [0, 0.1) is 0 Å². The zero-order valence-corrected chi connectivity index (χ0v) is 13.7. The van der Waals surface area contributed by atoms with E-state index >= 15 is 0 Å². The minimum Gasteiger partial charge on any atom is -0.507 e. The van der Waals surface area contributed by atoms with Crippen LogP contribution in [0.3, 0.4) is 0 Å². The molecule has 0 aromatic heterocycles. The third kappa shape index (κ3) is 2.53. The van der Waals surface area contributed by atoms with E-state index in [1.54, 1.807) is 30.3 Å². The molecule has 0 saturated heterocycles. The average Bonchev–Trinajstić information content (AvgIpc) is 2.53. The number of fused-ring (bicyclic) bond motifs is 1. The molecule has 1 N–H and O–H groups in total. The lowest BCUT2D eigenvalue weighted by Crippen LogP contribution is -2.09. The summed E-state index contributed by atoms with van der Waals surface area (Å²) in [5, 5.41) is 11.4. The zero-order valence-electron chi connectivity index (χ0n) is 12.9. The van der Waals surface area contributed by atoms with Crippen LogP contribution < -0.4 is 4.90 Å². The third-order valence-corrected chi connectivity index (χ3v) is 5.64. The maximum absolute atomic E-state index is 13.0. The summed E-state index contributed by atoms with van der Waals surface area (Å²) in [6.07, 6.45) is 0. The molecule has 0 amide bonds. The first kappa shape index (κ1) is 15.4. The first-order chi connectivity index (χ1) is 10.9. The normalized spacial score (nSPS) is 11.6. The lowest BCUT2D eigenvalue weighted by atomic mass is 10.1. The first-order valence-electron chi connectivity index (χ1n) is 7.15. The van der Waals surface area contributed by atoms with E-state index < -0.39 is 9.84 Å². The van der Waals surface area contributed by atoms with Gasteiger partial charge >= 0.3 is 0 Å². The molecule has 5 heteroatoms. The Balaban J connectivity index is 2.33. The number of phenols is 1. The van der Waals surface area contributed by atoms with Crippen molar-refractivity contribution in [2.45, 2.75) is 9.79 Å². The monoisotopic (exact) mass is 327 g/mol. The standard InChI is InChI=1S/C18H17NO3S/c1-19(2)15-9-5-8-14-13(15)7-6-12-17(14)23(21,22)18-11-4-3-10-16(18)20/h3-12,20H,1-2H3. The quantitative estimate of drug-likeness (QED) is 0.800. The van der Waals surface area contributed by atoms with Crippen LogP contribution in [0.4, 0.5) is 5.69 Å². The van der Waals surface area contributed by atoms with Crippen LogP contribution in [-0.4, -0.2) is 27.6 Å². The summed E-state index contributed by atoms with van der Waals surface area (Å²) in [6, 6.07) is 16.8. The lowest BCUT2D eigenvalue weighted by molar-refractivity contribution is 0.459. The number of benzene rings is 3. The molecule has 118 valence electrons. The van der Waals surface area contributed by atoms with Crippen molar-refractivity contribution in [3.05, 3.63) is 60.7 Å². The molecule has 0 aliphatic carbocycles. The summed E-state index contributed by atoms with van der Waals surface area (Å²) in [5.74, 6) is -0.242. The molecule has 0 spiro atoms. The highest BCUT2D eigenvalue weighted by Gasteiger charge is 2.23. The Labute approximate surface area is 135 Å². The van der Waals surface area contributed by atoms with E-state index in [9.17, 15) is 13.5 Å². The highest BCUT2D eigenvalue weighted by Crippen LogP contribution is 2.35. The second-order valence-electron chi connectivity index (χ2n) is 5.49. The van der Waals surface area contributed by atoms with Gasteiger partial charge in [0.25, 0.3) is 0 Å². The van der Waals surface area contributed by atoms with Crippen molar-refractivity contribution in [1.29, 1.82) is 0 Å². The summed E-state index contributed by atoms with van der Waals surface area (Å²) in [5.41, 5.74) is 0.942. The Morgan fingerprint density at radius 1 is 0.783 bits per heavy atom. The van der Waals surface area contributed by atoms with Crippen molar-refractivity contribution in [3.8, 4) is 5.75 Å². The van der Waals surface area contributed by atoms with Gasteiger partial charge in [0.1, 0.15) is 10.6 Å². The van der Waals surface area contributed by atoms with Gasteiger partial charge in [0.15, 0.2) is 0 Å². The van der Waals surface area contributed by atoms with E-state index in [-0.39, 0.29) is 15.5 Å². The predicted octanol–water partition coefficient (Wildman–Crippen LogP) is 3.44. The van der Waals surface area contributed by atoms with Gasteiger partial charge in [-0.25, -0.2) is 8.42 Å². The zero-order chi connectivity index (χ0) is 16.6. The van der Waals surface area contributed by atoms with Crippen LogP contribution in [0.25, 0.3) is 10.8 Å². The number of sulfone groups is 1. The highest BCUT2D eigenvalue weighted by atomic mass is 32.2. The van der Waals surface area contributed by atoms with Crippen molar-refractivity contribution in [2.24, 2.45) is 0 Å². The van der Waals surface area contributed by atoms with E-state index in [4.69, 9.17) is 0 Å². The van der Waals surface area contributed by atoms with Gasteiger partial charge in [-0.1, -0.05) is 36.4 Å². The largest absolute Gasteiger partial charge is 0.507 e. The van der Waals surface area contributed by atoms with Gasteiger partial charge in [0, 0.05) is 30.6 Å². The van der Waals surface area contributed by atoms with Crippen LogP contribution >= 0.6 is 0 Å². The van der Waals surface area contributed by atoms with Gasteiger partial charge in [-0.3, -0.25) is 0 Å². The third-order valence-electron chi connectivity index (χ3n) is 3.79. The molecule has 0 saturated carbocycles. The number of aromatic hydroxyl groups is 1. The molecule has 0 unspecified atom stereocenters. The van der Waals surface area contributed by atoms with E-state index in [1.165, 1.54) is 12.1 Å². The summed E-state index contributed by atoms with van der Waals surface area (Å²) in [4.78, 5) is 2.06. The minimum atomic E-state index is -3.81. The Bertz CT molecular complexity index is 978. The Morgan fingerprint density at radius 3 is 2.09 bits per heavy atom. The Hall–Kier alpha value is -2.53. The SMILES string of the molecule is CN(C)c1cccc2c(S(=O)(=O)c3ccccc3O)cccc12. The van der Waals surface area contributed by atoms with Gasteiger partial charge in [-0.2, -0.15) is 0 Å². The Morgan fingerprint density at radius 2 is 1.39 bits per heavy atom. The fourth-order valence-electron chi connectivity index (χ4n) is 2.69. The van der Waals surface area contributed by atoms with E-state index in [0.29, 0.717) is 5.39 Å². The molecule has 0 aliphatic rings.